The third kappa shape index (κ3) is 4.22. The van der Waals surface area contributed by atoms with E-state index in [1.54, 1.807) is 0 Å². The lowest BCUT2D eigenvalue weighted by molar-refractivity contribution is 0.248. The lowest BCUT2D eigenvalue weighted by Crippen LogP contribution is -2.39. The summed E-state index contributed by atoms with van der Waals surface area (Å²) in [5, 5.41) is 5.88. The Bertz CT molecular complexity index is 896. The number of carbonyl (C=O) groups excluding carboxylic acids is 1. The largest absolute Gasteiger partial charge is 0.423 e. The molecular weight excluding hydrogens is 340 g/mol. The van der Waals surface area contributed by atoms with E-state index < -0.39 is 0 Å². The number of nitrogens with zero attached hydrogens (tertiary/aromatic N) is 2. The van der Waals surface area contributed by atoms with Gasteiger partial charge in [0, 0.05) is 25.3 Å². The standard InChI is InChI=1S/C21H24N4O2/c1-15-5-4-6-17(13-15)23-20(26)22-14-16-9-11-25(12-10-16)21-24-18-7-2-3-8-19(18)27-21/h2-8,13,16H,9-12,14H2,1H3,(H2,22,23,26). The topological polar surface area (TPSA) is 70.4 Å². The molecule has 2 N–H and O–H groups in total. The van der Waals surface area contributed by atoms with Gasteiger partial charge in [-0.15, -0.1) is 0 Å². The number of hydrogen-bond donors (Lipinski definition) is 2. The van der Waals surface area contributed by atoms with E-state index >= 15 is 0 Å². The predicted octanol–water partition coefficient (Wildman–Crippen LogP) is 4.17. The first-order chi connectivity index (χ1) is 13.2. The van der Waals surface area contributed by atoms with Gasteiger partial charge >= 0.3 is 6.03 Å². The Morgan fingerprint density at radius 3 is 2.78 bits per heavy atom. The second-order valence-corrected chi connectivity index (χ2v) is 7.10. The lowest BCUT2D eigenvalue weighted by atomic mass is 9.97. The Balaban J connectivity index is 1.25. The molecule has 1 aliphatic heterocycles. The van der Waals surface area contributed by atoms with Gasteiger partial charge in [0.15, 0.2) is 5.58 Å². The first kappa shape index (κ1) is 17.4. The number of oxazole rings is 1. The molecule has 6 nitrogen and oxygen atoms in total. The number of carbonyl (C=O) groups is 1. The van der Waals surface area contributed by atoms with Gasteiger partial charge < -0.3 is 20.0 Å². The lowest BCUT2D eigenvalue weighted by Gasteiger charge is -2.30. The van der Waals surface area contributed by atoms with Gasteiger partial charge in [0.25, 0.3) is 6.01 Å². The third-order valence-corrected chi connectivity index (χ3v) is 4.99. The molecule has 2 aromatic carbocycles. The smallest absolute Gasteiger partial charge is 0.319 e. The molecular formula is C21H24N4O2. The molecule has 1 fully saturated rings. The van der Waals surface area contributed by atoms with Gasteiger partial charge in [-0.3, -0.25) is 0 Å². The van der Waals surface area contributed by atoms with Crippen LogP contribution in [0.25, 0.3) is 11.1 Å². The van der Waals surface area contributed by atoms with Crippen molar-refractivity contribution in [3.8, 4) is 0 Å². The third-order valence-electron chi connectivity index (χ3n) is 4.99. The van der Waals surface area contributed by atoms with Crippen LogP contribution < -0.4 is 15.5 Å². The molecule has 2 heterocycles. The van der Waals surface area contributed by atoms with Gasteiger partial charge in [-0.25, -0.2) is 4.79 Å². The van der Waals surface area contributed by atoms with Gasteiger partial charge in [-0.05, 0) is 55.5 Å². The Kier molecular flexibility index (Phi) is 4.96. The first-order valence-corrected chi connectivity index (χ1v) is 9.39. The van der Waals surface area contributed by atoms with Gasteiger partial charge in [-0.1, -0.05) is 24.3 Å². The van der Waals surface area contributed by atoms with Crippen LogP contribution in [0, 0.1) is 12.8 Å². The fourth-order valence-electron chi connectivity index (χ4n) is 3.46. The molecule has 0 spiro atoms. The van der Waals surface area contributed by atoms with E-state index in [1.165, 1.54) is 0 Å². The second kappa shape index (κ2) is 7.70. The van der Waals surface area contributed by atoms with Crippen LogP contribution in [-0.4, -0.2) is 30.6 Å². The highest BCUT2D eigenvalue weighted by Crippen LogP contribution is 2.26. The van der Waals surface area contributed by atoms with Crippen LogP contribution in [-0.2, 0) is 0 Å². The molecule has 1 saturated heterocycles. The molecule has 140 valence electrons. The number of aryl methyl sites for hydroxylation is 1. The fraction of sp³-hybridized carbons (Fsp3) is 0.333. The number of amides is 2. The maximum Gasteiger partial charge on any atom is 0.319 e. The van der Waals surface area contributed by atoms with Crippen molar-refractivity contribution >= 4 is 28.8 Å². The van der Waals surface area contributed by atoms with Crippen LogP contribution in [0.15, 0.2) is 52.9 Å². The molecule has 1 aliphatic rings. The van der Waals surface area contributed by atoms with Crippen LogP contribution in [0.3, 0.4) is 0 Å². The molecule has 27 heavy (non-hydrogen) atoms. The number of hydrogen-bond acceptors (Lipinski definition) is 4. The molecule has 0 unspecified atom stereocenters. The van der Waals surface area contributed by atoms with Crippen molar-refractivity contribution in [3.63, 3.8) is 0 Å². The number of para-hydroxylation sites is 2. The van der Waals surface area contributed by atoms with Crippen molar-refractivity contribution in [1.82, 2.24) is 10.3 Å². The van der Waals surface area contributed by atoms with E-state index in [0.717, 1.165) is 48.3 Å². The van der Waals surface area contributed by atoms with E-state index in [4.69, 9.17) is 4.42 Å². The van der Waals surface area contributed by atoms with Gasteiger partial charge in [0.2, 0.25) is 0 Å². The Morgan fingerprint density at radius 1 is 1.19 bits per heavy atom. The zero-order valence-corrected chi connectivity index (χ0v) is 15.4. The minimum Gasteiger partial charge on any atom is -0.423 e. The van der Waals surface area contributed by atoms with Crippen molar-refractivity contribution in [2.45, 2.75) is 19.8 Å². The number of nitrogens with one attached hydrogen (secondary N) is 2. The number of urea groups is 1. The van der Waals surface area contributed by atoms with Crippen molar-refractivity contribution in [1.29, 1.82) is 0 Å². The summed E-state index contributed by atoms with van der Waals surface area (Å²) in [4.78, 5) is 18.8. The van der Waals surface area contributed by atoms with Crippen molar-refractivity contribution < 1.29 is 9.21 Å². The molecule has 0 radical (unpaired) electrons. The molecule has 0 aliphatic carbocycles. The van der Waals surface area contributed by atoms with Gasteiger partial charge in [-0.2, -0.15) is 4.98 Å². The van der Waals surface area contributed by atoms with E-state index in [0.29, 0.717) is 18.5 Å². The predicted molar refractivity (Wildman–Crippen MR) is 107 cm³/mol. The number of fused-ring (bicyclic) bond motifs is 1. The highest BCUT2D eigenvalue weighted by molar-refractivity contribution is 5.89. The Morgan fingerprint density at radius 2 is 2.00 bits per heavy atom. The van der Waals surface area contributed by atoms with E-state index in [9.17, 15) is 4.79 Å². The summed E-state index contributed by atoms with van der Waals surface area (Å²) in [6.45, 7) is 4.46. The quantitative estimate of drug-likeness (QED) is 0.729. The average Bonchev–Trinajstić information content (AvgIpc) is 3.11. The van der Waals surface area contributed by atoms with Crippen LogP contribution in [0.5, 0.6) is 0 Å². The maximum atomic E-state index is 12.1. The second-order valence-electron chi connectivity index (χ2n) is 7.10. The normalized spacial score (nSPS) is 15.1. The van der Waals surface area contributed by atoms with Crippen molar-refractivity contribution in [2.24, 2.45) is 5.92 Å². The van der Waals surface area contributed by atoms with Crippen LogP contribution in [0.1, 0.15) is 18.4 Å². The number of rotatable bonds is 4. The Hall–Kier alpha value is -3.02. The molecule has 6 heteroatoms. The summed E-state index contributed by atoms with van der Waals surface area (Å²) in [6, 6.07) is 16.2. The molecule has 2 amide bonds. The summed E-state index contributed by atoms with van der Waals surface area (Å²) >= 11 is 0. The highest BCUT2D eigenvalue weighted by atomic mass is 16.4. The summed E-state index contributed by atoms with van der Waals surface area (Å²) in [5.41, 5.74) is 3.66. The zero-order chi connectivity index (χ0) is 18.6. The highest BCUT2D eigenvalue weighted by Gasteiger charge is 2.23. The van der Waals surface area contributed by atoms with Crippen LogP contribution in [0.4, 0.5) is 16.5 Å². The van der Waals surface area contributed by atoms with Gasteiger partial charge in [0.1, 0.15) is 5.52 Å². The zero-order valence-electron chi connectivity index (χ0n) is 15.4. The fourth-order valence-corrected chi connectivity index (χ4v) is 3.46. The number of anilines is 2. The van der Waals surface area contributed by atoms with E-state index in [1.807, 2.05) is 55.5 Å². The molecule has 1 aromatic heterocycles. The minimum absolute atomic E-state index is 0.151. The number of benzene rings is 2. The SMILES string of the molecule is Cc1cccc(NC(=O)NCC2CCN(c3nc4ccccc4o3)CC2)c1. The van der Waals surface area contributed by atoms with Gasteiger partial charge in [0.05, 0.1) is 0 Å². The van der Waals surface area contributed by atoms with Crippen molar-refractivity contribution in [3.05, 3.63) is 54.1 Å². The number of aromatic nitrogens is 1. The van der Waals surface area contributed by atoms with Crippen molar-refractivity contribution in [2.75, 3.05) is 29.9 Å². The minimum atomic E-state index is -0.151. The first-order valence-electron chi connectivity index (χ1n) is 9.39. The van der Waals surface area contributed by atoms with E-state index in [2.05, 4.69) is 20.5 Å². The average molecular weight is 364 g/mol. The monoisotopic (exact) mass is 364 g/mol. The van der Waals surface area contributed by atoms with Crippen LogP contribution in [0.2, 0.25) is 0 Å². The van der Waals surface area contributed by atoms with Crippen LogP contribution >= 0.6 is 0 Å². The summed E-state index contributed by atoms with van der Waals surface area (Å²) in [5.74, 6) is 0.467. The molecule has 0 atom stereocenters. The summed E-state index contributed by atoms with van der Waals surface area (Å²) < 4.78 is 5.85. The Labute approximate surface area is 158 Å². The summed E-state index contributed by atoms with van der Waals surface area (Å²) in [6.07, 6.45) is 2.01. The van der Waals surface area contributed by atoms with E-state index in [-0.39, 0.29) is 6.03 Å². The summed E-state index contributed by atoms with van der Waals surface area (Å²) in [7, 11) is 0. The molecule has 4 rings (SSSR count). The maximum absolute atomic E-state index is 12.1. The number of piperidine rings is 1. The molecule has 0 saturated carbocycles. The molecule has 0 bridgehead atoms. The molecule has 3 aromatic rings.